The van der Waals surface area contributed by atoms with Crippen LogP contribution >= 0.6 is 11.6 Å². The second-order valence-corrected chi connectivity index (χ2v) is 9.31. The van der Waals surface area contributed by atoms with E-state index in [0.717, 1.165) is 36.8 Å². The van der Waals surface area contributed by atoms with Gasteiger partial charge in [0.2, 0.25) is 16.0 Å². The van der Waals surface area contributed by atoms with Crippen molar-refractivity contribution < 1.29 is 8.42 Å². The van der Waals surface area contributed by atoms with E-state index in [9.17, 15) is 8.42 Å². The highest BCUT2D eigenvalue weighted by Crippen LogP contribution is 2.32. The van der Waals surface area contributed by atoms with Crippen molar-refractivity contribution in [3.05, 3.63) is 23.1 Å². The van der Waals surface area contributed by atoms with E-state index in [1.54, 1.807) is 10.5 Å². The highest BCUT2D eigenvalue weighted by molar-refractivity contribution is 7.90. The molecule has 134 valence electrons. The van der Waals surface area contributed by atoms with Crippen molar-refractivity contribution in [1.82, 2.24) is 19.3 Å². The highest BCUT2D eigenvalue weighted by Gasteiger charge is 2.41. The lowest BCUT2D eigenvalue weighted by Crippen LogP contribution is -2.43. The Morgan fingerprint density at radius 3 is 2.60 bits per heavy atom. The zero-order chi connectivity index (χ0) is 17.6. The number of rotatable bonds is 4. The fourth-order valence-corrected chi connectivity index (χ4v) is 5.28. The molecule has 1 aliphatic heterocycles. The minimum Gasteiger partial charge on any atom is -0.351 e. The van der Waals surface area contributed by atoms with Crippen molar-refractivity contribution in [2.45, 2.75) is 43.9 Å². The molecule has 0 spiro atoms. The van der Waals surface area contributed by atoms with Gasteiger partial charge in [0.15, 0.2) is 0 Å². The lowest BCUT2D eigenvalue weighted by molar-refractivity contribution is 0.328. The highest BCUT2D eigenvalue weighted by atomic mass is 35.5. The molecule has 7 nitrogen and oxygen atoms in total. The lowest BCUT2D eigenvalue weighted by atomic mass is 10.1. The maximum absolute atomic E-state index is 12.3. The van der Waals surface area contributed by atoms with Crippen molar-refractivity contribution in [2.24, 2.45) is 0 Å². The van der Waals surface area contributed by atoms with Crippen LogP contribution in [0.25, 0.3) is 10.9 Å². The number of fused-ring (bicyclic) bond motifs is 1. The minimum atomic E-state index is -3.08. The van der Waals surface area contributed by atoms with Crippen LogP contribution in [0.15, 0.2) is 12.3 Å². The Labute approximate surface area is 151 Å². The molecule has 25 heavy (non-hydrogen) atoms. The summed E-state index contributed by atoms with van der Waals surface area (Å²) in [5.74, 6) is 0.464. The first-order chi connectivity index (χ1) is 11.9. The van der Waals surface area contributed by atoms with Gasteiger partial charge in [-0.05, 0) is 38.7 Å². The van der Waals surface area contributed by atoms with Crippen LogP contribution in [-0.4, -0.2) is 52.1 Å². The molecule has 9 heteroatoms. The van der Waals surface area contributed by atoms with Crippen LogP contribution in [0.2, 0.25) is 5.15 Å². The predicted octanol–water partition coefficient (Wildman–Crippen LogP) is 2.36. The number of pyridine rings is 1. The van der Waals surface area contributed by atoms with Crippen LogP contribution in [0.5, 0.6) is 0 Å². The first-order valence-corrected chi connectivity index (χ1v) is 10.4. The molecular formula is C16H20ClN5O2S. The fraction of sp³-hybridized carbons (Fsp3) is 0.562. The number of anilines is 1. The molecule has 2 aliphatic rings. The van der Waals surface area contributed by atoms with Crippen LogP contribution in [0.4, 0.5) is 5.95 Å². The number of halogens is 1. The van der Waals surface area contributed by atoms with Crippen LogP contribution in [-0.2, 0) is 10.0 Å². The SMILES string of the molecule is Cc1cc2c(Cl)nc(NC3CCN(S(=O)(=O)C4CC4)CC3)nc2cn1. The zero-order valence-electron chi connectivity index (χ0n) is 13.9. The number of nitrogens with zero attached hydrogens (tertiary/aromatic N) is 4. The summed E-state index contributed by atoms with van der Waals surface area (Å²) >= 11 is 6.27. The predicted molar refractivity (Wildman–Crippen MR) is 97.2 cm³/mol. The molecule has 0 amide bonds. The molecule has 0 atom stereocenters. The van der Waals surface area contributed by atoms with Gasteiger partial charge in [-0.25, -0.2) is 22.7 Å². The van der Waals surface area contributed by atoms with Crippen LogP contribution in [0.3, 0.4) is 0 Å². The Kier molecular flexibility index (Phi) is 4.29. The quantitative estimate of drug-likeness (QED) is 0.818. The van der Waals surface area contributed by atoms with Crippen LogP contribution in [0.1, 0.15) is 31.4 Å². The third-order valence-electron chi connectivity index (χ3n) is 4.76. The number of nitrogens with one attached hydrogen (secondary N) is 1. The van der Waals surface area contributed by atoms with E-state index in [0.29, 0.717) is 29.7 Å². The van der Waals surface area contributed by atoms with E-state index < -0.39 is 10.0 Å². The summed E-state index contributed by atoms with van der Waals surface area (Å²) in [7, 11) is -3.08. The standard InChI is InChI=1S/C16H20ClN5O2S/c1-10-8-13-14(9-18-10)20-16(21-15(13)17)19-11-4-6-22(7-5-11)25(23,24)12-2-3-12/h8-9,11-12H,2-7H2,1H3,(H,19,20,21). The molecular weight excluding hydrogens is 362 g/mol. The van der Waals surface area contributed by atoms with E-state index in [-0.39, 0.29) is 11.3 Å². The first-order valence-electron chi connectivity index (χ1n) is 8.49. The summed E-state index contributed by atoms with van der Waals surface area (Å²) in [6.45, 7) is 2.97. The average Bonchev–Trinajstić information content (AvgIpc) is 3.42. The van der Waals surface area contributed by atoms with E-state index in [1.807, 2.05) is 13.0 Å². The molecule has 0 aromatic carbocycles. The second kappa shape index (κ2) is 6.34. The van der Waals surface area contributed by atoms with Gasteiger partial charge in [-0.15, -0.1) is 0 Å². The van der Waals surface area contributed by atoms with Crippen molar-refractivity contribution in [2.75, 3.05) is 18.4 Å². The molecule has 1 N–H and O–H groups in total. The third-order valence-corrected chi connectivity index (χ3v) is 7.45. The first kappa shape index (κ1) is 16.9. The Balaban J connectivity index is 1.45. The van der Waals surface area contributed by atoms with Crippen LogP contribution in [0, 0.1) is 6.92 Å². The number of aryl methyl sites for hydroxylation is 1. The number of sulfonamides is 1. The van der Waals surface area contributed by atoms with Crippen molar-refractivity contribution >= 4 is 38.5 Å². The van der Waals surface area contributed by atoms with E-state index >= 15 is 0 Å². The molecule has 4 rings (SSSR count). The lowest BCUT2D eigenvalue weighted by Gasteiger charge is -2.31. The van der Waals surface area contributed by atoms with Crippen molar-refractivity contribution in [3.63, 3.8) is 0 Å². The number of hydrogen-bond acceptors (Lipinski definition) is 6. The summed E-state index contributed by atoms with van der Waals surface area (Å²) in [4.78, 5) is 13.0. The Bertz CT molecular complexity index is 908. The van der Waals surface area contributed by atoms with Crippen molar-refractivity contribution in [1.29, 1.82) is 0 Å². The third kappa shape index (κ3) is 3.43. The molecule has 3 heterocycles. The van der Waals surface area contributed by atoms with Gasteiger partial charge in [-0.1, -0.05) is 11.6 Å². The normalized spacial score (nSPS) is 20.1. The molecule has 2 aromatic heterocycles. The molecule has 0 radical (unpaired) electrons. The fourth-order valence-electron chi connectivity index (χ4n) is 3.18. The molecule has 2 aromatic rings. The monoisotopic (exact) mass is 381 g/mol. The van der Waals surface area contributed by atoms with Gasteiger partial charge in [0.1, 0.15) is 5.15 Å². The average molecular weight is 382 g/mol. The van der Waals surface area contributed by atoms with Gasteiger partial charge in [0.25, 0.3) is 0 Å². The smallest absolute Gasteiger partial charge is 0.224 e. The van der Waals surface area contributed by atoms with E-state index in [2.05, 4.69) is 20.3 Å². The summed E-state index contributed by atoms with van der Waals surface area (Å²) in [5, 5.41) is 4.32. The summed E-state index contributed by atoms with van der Waals surface area (Å²) in [6.07, 6.45) is 4.76. The number of hydrogen-bond donors (Lipinski definition) is 1. The Morgan fingerprint density at radius 2 is 1.92 bits per heavy atom. The molecule has 1 aliphatic carbocycles. The molecule has 0 unspecified atom stereocenters. The van der Waals surface area contributed by atoms with Gasteiger partial charge in [0.05, 0.1) is 17.0 Å². The molecule has 1 saturated carbocycles. The Hall–Kier alpha value is -1.51. The minimum absolute atomic E-state index is 0.137. The number of piperidine rings is 1. The van der Waals surface area contributed by atoms with E-state index in [1.165, 1.54) is 0 Å². The topological polar surface area (TPSA) is 88.1 Å². The van der Waals surface area contributed by atoms with Gasteiger partial charge in [0, 0.05) is 30.2 Å². The largest absolute Gasteiger partial charge is 0.351 e. The molecule has 0 bridgehead atoms. The summed E-state index contributed by atoms with van der Waals surface area (Å²) in [6, 6.07) is 2.00. The van der Waals surface area contributed by atoms with Gasteiger partial charge >= 0.3 is 0 Å². The maximum Gasteiger partial charge on any atom is 0.224 e. The maximum atomic E-state index is 12.3. The number of aromatic nitrogens is 3. The van der Waals surface area contributed by atoms with Gasteiger partial charge < -0.3 is 5.32 Å². The van der Waals surface area contributed by atoms with Crippen molar-refractivity contribution in [3.8, 4) is 0 Å². The van der Waals surface area contributed by atoms with Gasteiger partial charge in [-0.2, -0.15) is 0 Å². The van der Waals surface area contributed by atoms with E-state index in [4.69, 9.17) is 11.6 Å². The Morgan fingerprint density at radius 1 is 1.20 bits per heavy atom. The molecule has 1 saturated heterocycles. The molecule has 2 fully saturated rings. The summed E-state index contributed by atoms with van der Waals surface area (Å²) in [5.41, 5.74) is 1.56. The van der Waals surface area contributed by atoms with Gasteiger partial charge in [-0.3, -0.25) is 4.98 Å². The zero-order valence-corrected chi connectivity index (χ0v) is 15.5. The summed E-state index contributed by atoms with van der Waals surface area (Å²) < 4.78 is 26.2. The second-order valence-electron chi connectivity index (χ2n) is 6.74. The van der Waals surface area contributed by atoms with Crippen LogP contribution < -0.4 is 5.32 Å².